The largest absolute Gasteiger partial charge is 0.375 e. The summed E-state index contributed by atoms with van der Waals surface area (Å²) in [4.78, 5) is 27.7. The van der Waals surface area contributed by atoms with E-state index in [4.69, 9.17) is 0 Å². The van der Waals surface area contributed by atoms with E-state index >= 15 is 0 Å². The van der Waals surface area contributed by atoms with Gasteiger partial charge in [0.25, 0.3) is 5.91 Å². The van der Waals surface area contributed by atoms with Gasteiger partial charge in [-0.15, -0.1) is 0 Å². The lowest BCUT2D eigenvalue weighted by Crippen LogP contribution is -2.43. The van der Waals surface area contributed by atoms with Crippen LogP contribution in [-0.2, 0) is 10.4 Å². The zero-order chi connectivity index (χ0) is 19.9. The molecule has 142 valence electrons. The van der Waals surface area contributed by atoms with Crippen molar-refractivity contribution in [2.75, 3.05) is 11.4 Å². The molecule has 0 aliphatic carbocycles. The molecule has 1 N–H and O–H groups in total. The fraction of sp³-hybridized carbons (Fsp3) is 0.250. The van der Waals surface area contributed by atoms with E-state index in [1.807, 2.05) is 62.4 Å². The van der Waals surface area contributed by atoms with Crippen LogP contribution in [0.1, 0.15) is 36.2 Å². The Labute approximate surface area is 164 Å². The summed E-state index contributed by atoms with van der Waals surface area (Å²) >= 11 is 0. The van der Waals surface area contributed by atoms with Crippen LogP contribution in [0, 0.1) is 5.92 Å². The summed E-state index contributed by atoms with van der Waals surface area (Å²) in [5, 5.41) is 13.3. The van der Waals surface area contributed by atoms with E-state index in [2.05, 4.69) is 0 Å². The maximum Gasteiger partial charge on any atom is 0.264 e. The van der Waals surface area contributed by atoms with Crippen molar-refractivity contribution >= 4 is 28.2 Å². The number of aliphatic hydroxyl groups is 1. The van der Waals surface area contributed by atoms with Gasteiger partial charge in [0.1, 0.15) is 0 Å². The van der Waals surface area contributed by atoms with Crippen molar-refractivity contribution in [1.82, 2.24) is 0 Å². The Morgan fingerprint density at radius 2 is 1.68 bits per heavy atom. The van der Waals surface area contributed by atoms with Crippen molar-refractivity contribution < 1.29 is 14.7 Å². The molecule has 0 radical (unpaired) electrons. The van der Waals surface area contributed by atoms with E-state index in [0.29, 0.717) is 23.4 Å². The van der Waals surface area contributed by atoms with Crippen LogP contribution < -0.4 is 4.90 Å². The first-order valence-corrected chi connectivity index (χ1v) is 9.56. The number of nitrogens with zero attached hydrogens (tertiary/aromatic N) is 1. The number of Topliss-reactive ketones (excluding diaryl/α,β-unsaturated/α-hetero) is 1. The minimum absolute atomic E-state index is 0.246. The number of benzene rings is 3. The van der Waals surface area contributed by atoms with Crippen LogP contribution in [0.4, 0.5) is 5.69 Å². The normalized spacial score (nSPS) is 18.7. The number of para-hydroxylation sites is 1. The van der Waals surface area contributed by atoms with Crippen molar-refractivity contribution in [3.63, 3.8) is 0 Å². The van der Waals surface area contributed by atoms with Gasteiger partial charge in [-0.3, -0.25) is 9.59 Å². The minimum atomic E-state index is -1.83. The van der Waals surface area contributed by atoms with Crippen molar-refractivity contribution in [3.05, 3.63) is 77.9 Å². The molecule has 0 saturated heterocycles. The van der Waals surface area contributed by atoms with Crippen molar-refractivity contribution in [2.24, 2.45) is 5.92 Å². The molecule has 4 nitrogen and oxygen atoms in total. The Morgan fingerprint density at radius 3 is 2.43 bits per heavy atom. The SMILES string of the molecule is CC(C)CN1C(=O)[C@@](O)(CC(=O)c2ccc3ccccc3c2)c2ccccc21. The Kier molecular flexibility index (Phi) is 4.52. The number of rotatable bonds is 5. The van der Waals surface area contributed by atoms with Crippen LogP contribution in [0.25, 0.3) is 10.8 Å². The fourth-order valence-corrected chi connectivity index (χ4v) is 3.92. The molecular weight excluding hydrogens is 350 g/mol. The summed E-state index contributed by atoms with van der Waals surface area (Å²) in [5.74, 6) is -0.421. The van der Waals surface area contributed by atoms with Crippen LogP contribution in [0.15, 0.2) is 66.7 Å². The summed E-state index contributed by atoms with van der Waals surface area (Å²) in [6.07, 6.45) is -0.268. The summed E-state index contributed by atoms with van der Waals surface area (Å²) in [6.45, 7) is 4.54. The molecule has 3 aromatic rings. The highest BCUT2D eigenvalue weighted by Crippen LogP contribution is 2.43. The number of hydrogen-bond acceptors (Lipinski definition) is 3. The molecule has 0 aromatic heterocycles. The van der Waals surface area contributed by atoms with Crippen LogP contribution >= 0.6 is 0 Å². The molecule has 1 amide bonds. The predicted molar refractivity (Wildman–Crippen MR) is 110 cm³/mol. The molecular formula is C24H23NO3. The van der Waals surface area contributed by atoms with Gasteiger partial charge in [-0.25, -0.2) is 0 Å². The first kappa shape index (κ1) is 18.4. The molecule has 0 fully saturated rings. The number of carbonyl (C=O) groups is 2. The Hall–Kier alpha value is -2.98. The van der Waals surface area contributed by atoms with Gasteiger partial charge >= 0.3 is 0 Å². The van der Waals surface area contributed by atoms with Gasteiger partial charge in [-0.2, -0.15) is 0 Å². The lowest BCUT2D eigenvalue weighted by molar-refractivity contribution is -0.136. The monoisotopic (exact) mass is 373 g/mol. The lowest BCUT2D eigenvalue weighted by atomic mass is 9.87. The molecule has 4 rings (SSSR count). The Bertz CT molecular complexity index is 1070. The second-order valence-electron chi connectivity index (χ2n) is 7.85. The minimum Gasteiger partial charge on any atom is -0.375 e. The smallest absolute Gasteiger partial charge is 0.264 e. The molecule has 3 aromatic carbocycles. The number of hydrogen-bond donors (Lipinski definition) is 1. The van der Waals surface area contributed by atoms with Gasteiger partial charge < -0.3 is 10.0 Å². The number of anilines is 1. The highest BCUT2D eigenvalue weighted by atomic mass is 16.3. The zero-order valence-electron chi connectivity index (χ0n) is 16.1. The van der Waals surface area contributed by atoms with Gasteiger partial charge in [0.05, 0.1) is 12.1 Å². The highest BCUT2D eigenvalue weighted by molar-refractivity contribution is 6.11. The maximum atomic E-state index is 13.1. The molecule has 0 saturated carbocycles. The molecule has 0 unspecified atom stereocenters. The quantitative estimate of drug-likeness (QED) is 0.678. The molecule has 4 heteroatoms. The van der Waals surface area contributed by atoms with Crippen molar-refractivity contribution in [2.45, 2.75) is 25.9 Å². The van der Waals surface area contributed by atoms with Gasteiger partial charge in [0.2, 0.25) is 0 Å². The van der Waals surface area contributed by atoms with E-state index < -0.39 is 11.5 Å². The molecule has 1 aliphatic rings. The summed E-state index contributed by atoms with van der Waals surface area (Å²) < 4.78 is 0. The summed E-state index contributed by atoms with van der Waals surface area (Å²) in [6, 6.07) is 20.5. The highest BCUT2D eigenvalue weighted by Gasteiger charge is 2.50. The zero-order valence-corrected chi connectivity index (χ0v) is 16.1. The van der Waals surface area contributed by atoms with E-state index in [9.17, 15) is 14.7 Å². The molecule has 1 atom stereocenters. The Balaban J connectivity index is 1.69. The van der Waals surface area contributed by atoms with Gasteiger partial charge in [-0.05, 0) is 28.8 Å². The molecule has 1 heterocycles. The second kappa shape index (κ2) is 6.88. The van der Waals surface area contributed by atoms with Crippen LogP contribution in [0.5, 0.6) is 0 Å². The average Bonchev–Trinajstić information content (AvgIpc) is 2.89. The topological polar surface area (TPSA) is 57.6 Å². The maximum absolute atomic E-state index is 13.1. The van der Waals surface area contributed by atoms with E-state index in [-0.39, 0.29) is 18.1 Å². The first-order valence-electron chi connectivity index (χ1n) is 9.56. The standard InChI is InChI=1S/C24H23NO3/c1-16(2)15-25-21-10-6-5-9-20(21)24(28,23(25)27)14-22(26)19-12-11-17-7-3-4-8-18(17)13-19/h3-13,16,28H,14-15H2,1-2H3/t24-/m1/s1. The number of carbonyl (C=O) groups excluding carboxylic acids is 2. The summed E-state index contributed by atoms with van der Waals surface area (Å²) in [7, 11) is 0. The third-order valence-electron chi connectivity index (χ3n) is 5.27. The van der Waals surface area contributed by atoms with E-state index in [1.54, 1.807) is 23.1 Å². The van der Waals surface area contributed by atoms with Crippen molar-refractivity contribution in [3.8, 4) is 0 Å². The van der Waals surface area contributed by atoms with Crippen LogP contribution in [0.2, 0.25) is 0 Å². The average molecular weight is 373 g/mol. The van der Waals surface area contributed by atoms with Gasteiger partial charge in [-0.1, -0.05) is 68.4 Å². The second-order valence-corrected chi connectivity index (χ2v) is 7.85. The predicted octanol–water partition coefficient (Wildman–Crippen LogP) is 4.30. The lowest BCUT2D eigenvalue weighted by Gasteiger charge is -2.24. The molecule has 1 aliphatic heterocycles. The van der Waals surface area contributed by atoms with E-state index in [0.717, 1.165) is 10.8 Å². The Morgan fingerprint density at radius 1 is 1.00 bits per heavy atom. The number of fused-ring (bicyclic) bond motifs is 2. The third kappa shape index (κ3) is 3.00. The first-order chi connectivity index (χ1) is 13.4. The molecule has 28 heavy (non-hydrogen) atoms. The molecule has 0 bridgehead atoms. The van der Waals surface area contributed by atoms with Crippen molar-refractivity contribution in [1.29, 1.82) is 0 Å². The third-order valence-corrected chi connectivity index (χ3v) is 5.27. The number of amides is 1. The number of ketones is 1. The van der Waals surface area contributed by atoms with Gasteiger partial charge in [0, 0.05) is 17.7 Å². The van der Waals surface area contributed by atoms with Gasteiger partial charge in [0.15, 0.2) is 11.4 Å². The molecule has 0 spiro atoms. The fourth-order valence-electron chi connectivity index (χ4n) is 3.92. The van der Waals surface area contributed by atoms with Crippen LogP contribution in [0.3, 0.4) is 0 Å². The van der Waals surface area contributed by atoms with E-state index in [1.165, 1.54) is 0 Å². The van der Waals surface area contributed by atoms with Crippen LogP contribution in [-0.4, -0.2) is 23.3 Å². The summed E-state index contributed by atoms with van der Waals surface area (Å²) in [5.41, 5.74) is -0.127.